The van der Waals surface area contributed by atoms with E-state index in [2.05, 4.69) is 11.2 Å². The van der Waals surface area contributed by atoms with E-state index < -0.39 is 5.41 Å². The molecule has 5 nitrogen and oxygen atoms in total. The molecule has 0 unspecified atom stereocenters. The van der Waals surface area contributed by atoms with Gasteiger partial charge >= 0.3 is 0 Å². The zero-order chi connectivity index (χ0) is 14.6. The molecule has 0 amide bonds. The summed E-state index contributed by atoms with van der Waals surface area (Å²) in [6, 6.07) is 8.03. The Bertz CT molecular complexity index is 551. The lowest BCUT2D eigenvalue weighted by molar-refractivity contribution is 0.310. The van der Waals surface area contributed by atoms with Gasteiger partial charge in [-0.1, -0.05) is 11.2 Å². The van der Waals surface area contributed by atoms with Crippen LogP contribution in [0.15, 0.2) is 23.4 Å². The third-order valence-corrected chi connectivity index (χ3v) is 3.97. The van der Waals surface area contributed by atoms with Gasteiger partial charge in [0.05, 0.1) is 31.4 Å². The van der Waals surface area contributed by atoms with E-state index >= 15 is 0 Å². The highest BCUT2D eigenvalue weighted by Crippen LogP contribution is 2.41. The van der Waals surface area contributed by atoms with E-state index in [-0.39, 0.29) is 0 Å². The van der Waals surface area contributed by atoms with Gasteiger partial charge in [0.15, 0.2) is 11.5 Å². The predicted octanol–water partition coefficient (Wildman–Crippen LogP) is 2.87. The average molecular weight is 274 g/mol. The van der Waals surface area contributed by atoms with Crippen molar-refractivity contribution in [3.8, 4) is 17.6 Å². The normalized spacial score (nSPS) is 21.9. The quantitative estimate of drug-likeness (QED) is 0.679. The molecule has 0 saturated heterocycles. The van der Waals surface area contributed by atoms with Gasteiger partial charge < -0.3 is 14.7 Å². The summed E-state index contributed by atoms with van der Waals surface area (Å²) in [7, 11) is 3.17. The lowest BCUT2D eigenvalue weighted by Crippen LogP contribution is -2.30. The first-order valence-electron chi connectivity index (χ1n) is 6.52. The topological polar surface area (TPSA) is 74.8 Å². The monoisotopic (exact) mass is 274 g/mol. The molecule has 1 N–H and O–H groups in total. The Kier molecular flexibility index (Phi) is 4.14. The van der Waals surface area contributed by atoms with Crippen molar-refractivity contribution in [3.05, 3.63) is 23.8 Å². The van der Waals surface area contributed by atoms with Crippen LogP contribution < -0.4 is 9.47 Å². The molecule has 0 spiro atoms. The van der Waals surface area contributed by atoms with Crippen molar-refractivity contribution >= 4 is 5.71 Å². The number of nitrogens with zero attached hydrogens (tertiary/aromatic N) is 2. The minimum absolute atomic E-state index is 0.548. The molecule has 0 aliphatic heterocycles. The number of benzene rings is 1. The van der Waals surface area contributed by atoms with Crippen LogP contribution in [0.25, 0.3) is 0 Å². The zero-order valence-corrected chi connectivity index (χ0v) is 11.7. The SMILES string of the molecule is COc1ccc(C2(C#N)CCC(=NO)CC2)cc1OC. The summed E-state index contributed by atoms with van der Waals surface area (Å²) < 4.78 is 10.5. The summed E-state index contributed by atoms with van der Waals surface area (Å²) in [5.74, 6) is 1.28. The van der Waals surface area contributed by atoms with Gasteiger partial charge in [-0.2, -0.15) is 5.26 Å². The van der Waals surface area contributed by atoms with Gasteiger partial charge in [0, 0.05) is 0 Å². The van der Waals surface area contributed by atoms with Crippen LogP contribution in [0.3, 0.4) is 0 Å². The molecule has 1 aromatic carbocycles. The lowest BCUT2D eigenvalue weighted by Gasteiger charge is -2.31. The Labute approximate surface area is 118 Å². The highest BCUT2D eigenvalue weighted by atomic mass is 16.5. The molecule has 5 heteroatoms. The molecule has 1 aliphatic rings. The Morgan fingerprint density at radius 3 is 2.35 bits per heavy atom. The van der Waals surface area contributed by atoms with E-state index in [1.807, 2.05) is 18.2 Å². The third-order valence-electron chi connectivity index (χ3n) is 3.97. The van der Waals surface area contributed by atoms with E-state index in [4.69, 9.17) is 14.7 Å². The van der Waals surface area contributed by atoms with Gasteiger partial charge in [-0.25, -0.2) is 0 Å². The smallest absolute Gasteiger partial charge is 0.161 e. The Balaban J connectivity index is 2.36. The first-order valence-corrected chi connectivity index (χ1v) is 6.52. The van der Waals surface area contributed by atoms with Crippen LogP contribution in [0.1, 0.15) is 31.2 Å². The largest absolute Gasteiger partial charge is 0.493 e. The molecule has 0 atom stereocenters. The van der Waals surface area contributed by atoms with Crippen LogP contribution in [-0.4, -0.2) is 25.1 Å². The number of ether oxygens (including phenoxy) is 2. The van der Waals surface area contributed by atoms with Gasteiger partial charge in [0.25, 0.3) is 0 Å². The third kappa shape index (κ3) is 2.42. The lowest BCUT2D eigenvalue weighted by atomic mass is 9.70. The summed E-state index contributed by atoms with van der Waals surface area (Å²) in [5.41, 5.74) is 1.14. The summed E-state index contributed by atoms with van der Waals surface area (Å²) in [6.45, 7) is 0. The van der Waals surface area contributed by atoms with Crippen LogP contribution in [-0.2, 0) is 5.41 Å². The van der Waals surface area contributed by atoms with Gasteiger partial charge in [-0.15, -0.1) is 0 Å². The molecule has 0 bridgehead atoms. The fourth-order valence-electron chi connectivity index (χ4n) is 2.66. The number of nitriles is 1. The Morgan fingerprint density at radius 2 is 1.85 bits per heavy atom. The van der Waals surface area contributed by atoms with E-state index in [9.17, 15) is 5.26 Å². The number of hydrogen-bond donors (Lipinski definition) is 1. The van der Waals surface area contributed by atoms with Crippen LogP contribution in [0.5, 0.6) is 11.5 Å². The van der Waals surface area contributed by atoms with E-state index in [1.165, 1.54) is 0 Å². The number of methoxy groups -OCH3 is 2. The van der Waals surface area contributed by atoms with Crippen molar-refractivity contribution in [3.63, 3.8) is 0 Å². The van der Waals surface area contributed by atoms with Crippen molar-refractivity contribution in [1.29, 1.82) is 5.26 Å². The summed E-state index contributed by atoms with van der Waals surface area (Å²) in [4.78, 5) is 0. The minimum atomic E-state index is -0.548. The maximum absolute atomic E-state index is 9.62. The van der Waals surface area contributed by atoms with Crippen LogP contribution in [0, 0.1) is 11.3 Å². The van der Waals surface area contributed by atoms with Gasteiger partial charge in [0.1, 0.15) is 0 Å². The predicted molar refractivity (Wildman–Crippen MR) is 74.5 cm³/mol. The van der Waals surface area contributed by atoms with Crippen molar-refractivity contribution < 1.29 is 14.7 Å². The highest BCUT2D eigenvalue weighted by molar-refractivity contribution is 5.85. The molecule has 1 aromatic rings. The second-order valence-electron chi connectivity index (χ2n) is 4.93. The van der Waals surface area contributed by atoms with Crippen molar-refractivity contribution in [2.75, 3.05) is 14.2 Å². The molecule has 0 aromatic heterocycles. The molecule has 1 aliphatic carbocycles. The van der Waals surface area contributed by atoms with Crippen LogP contribution in [0.4, 0.5) is 0 Å². The van der Waals surface area contributed by atoms with E-state index in [0.717, 1.165) is 11.3 Å². The van der Waals surface area contributed by atoms with Crippen molar-refractivity contribution in [2.45, 2.75) is 31.1 Å². The van der Waals surface area contributed by atoms with Gasteiger partial charge in [0.2, 0.25) is 0 Å². The fraction of sp³-hybridized carbons (Fsp3) is 0.467. The molecular formula is C15H18N2O3. The molecular weight excluding hydrogens is 256 g/mol. The standard InChI is InChI=1S/C15H18N2O3/c1-19-13-4-3-11(9-14(13)20-2)15(10-16)7-5-12(17-18)6-8-15/h3-4,9,18H,5-8H2,1-2H3. The molecule has 0 radical (unpaired) electrons. The molecule has 106 valence electrons. The average Bonchev–Trinajstić information content (AvgIpc) is 2.54. The van der Waals surface area contributed by atoms with Crippen molar-refractivity contribution in [2.24, 2.45) is 5.16 Å². The highest BCUT2D eigenvalue weighted by Gasteiger charge is 2.36. The summed E-state index contributed by atoms with van der Waals surface area (Å²) >= 11 is 0. The van der Waals surface area contributed by atoms with E-state index in [1.54, 1.807) is 14.2 Å². The maximum Gasteiger partial charge on any atom is 0.161 e. The second kappa shape index (κ2) is 5.83. The zero-order valence-electron chi connectivity index (χ0n) is 11.7. The Morgan fingerprint density at radius 1 is 1.20 bits per heavy atom. The molecule has 1 saturated carbocycles. The molecule has 1 fully saturated rings. The number of rotatable bonds is 3. The number of oxime groups is 1. The van der Waals surface area contributed by atoms with E-state index in [0.29, 0.717) is 37.2 Å². The molecule has 20 heavy (non-hydrogen) atoms. The summed E-state index contributed by atoms with van der Waals surface area (Å²) in [6.07, 6.45) is 2.58. The second-order valence-corrected chi connectivity index (χ2v) is 4.93. The van der Waals surface area contributed by atoms with Crippen LogP contribution in [0.2, 0.25) is 0 Å². The van der Waals surface area contributed by atoms with Crippen LogP contribution >= 0.6 is 0 Å². The first kappa shape index (κ1) is 14.2. The summed E-state index contributed by atoms with van der Waals surface area (Å²) in [5, 5.41) is 21.7. The first-order chi connectivity index (χ1) is 9.69. The molecule has 0 heterocycles. The Hall–Kier alpha value is -2.22. The maximum atomic E-state index is 9.62. The fourth-order valence-corrected chi connectivity index (χ4v) is 2.66. The van der Waals surface area contributed by atoms with Gasteiger partial charge in [-0.3, -0.25) is 0 Å². The van der Waals surface area contributed by atoms with Crippen molar-refractivity contribution in [1.82, 2.24) is 0 Å². The van der Waals surface area contributed by atoms with Gasteiger partial charge in [-0.05, 0) is 43.4 Å². The molecule has 2 rings (SSSR count). The minimum Gasteiger partial charge on any atom is -0.493 e. The number of hydrogen-bond acceptors (Lipinski definition) is 5.